The van der Waals surface area contributed by atoms with Gasteiger partial charge in [0.25, 0.3) is 0 Å². The summed E-state index contributed by atoms with van der Waals surface area (Å²) in [6.45, 7) is 2.31. The topological polar surface area (TPSA) is 169 Å². The van der Waals surface area contributed by atoms with E-state index in [0.29, 0.717) is 28.9 Å². The highest BCUT2D eigenvalue weighted by Gasteiger charge is 2.58. The maximum Gasteiger partial charge on any atom is 0.218 e. The minimum Gasteiger partial charge on any atom is -0.399 e. The van der Waals surface area contributed by atoms with Gasteiger partial charge in [-0.1, -0.05) is 36.4 Å². The number of nitrogens with zero attached hydrogens (tertiary/aromatic N) is 2. The number of nitrogens with one attached hydrogen (secondary N) is 1. The third-order valence-electron chi connectivity index (χ3n) is 6.27. The molecule has 1 saturated carbocycles. The fourth-order valence-electron chi connectivity index (χ4n) is 4.53. The van der Waals surface area contributed by atoms with E-state index < -0.39 is 40.6 Å². The number of anilines is 1. The number of hydrazone groups is 1. The molecule has 1 fully saturated rings. The quantitative estimate of drug-likeness (QED) is 0.143. The Balaban J connectivity index is 2.27. The summed E-state index contributed by atoms with van der Waals surface area (Å²) in [5.74, 6) is -2.89. The van der Waals surface area contributed by atoms with Crippen LogP contribution in [0.3, 0.4) is 0 Å². The number of ketones is 2. The Morgan fingerprint density at radius 3 is 2.37 bits per heavy atom. The lowest BCUT2D eigenvalue weighted by Gasteiger charge is -2.43. The van der Waals surface area contributed by atoms with Gasteiger partial charge >= 0.3 is 0 Å². The molecule has 1 aliphatic rings. The Labute approximate surface area is 208 Å². The van der Waals surface area contributed by atoms with Crippen LogP contribution in [0.5, 0.6) is 0 Å². The molecule has 0 bridgehead atoms. The van der Waals surface area contributed by atoms with Crippen LogP contribution in [0.2, 0.25) is 0 Å². The lowest BCUT2D eigenvalue weighted by molar-refractivity contribution is -0.137. The van der Waals surface area contributed by atoms with Gasteiger partial charge < -0.3 is 17.2 Å². The third-order valence-corrected chi connectivity index (χ3v) is 6.69. The fourth-order valence-corrected chi connectivity index (χ4v) is 4.80. The molecule has 0 heterocycles. The second-order valence-corrected chi connectivity index (χ2v) is 9.18. The lowest BCUT2D eigenvalue weighted by Crippen LogP contribution is -2.57. The van der Waals surface area contributed by atoms with Crippen LogP contribution in [0.15, 0.2) is 53.6 Å². The summed E-state index contributed by atoms with van der Waals surface area (Å²) in [5.41, 5.74) is 17.5. The first-order chi connectivity index (χ1) is 16.5. The van der Waals surface area contributed by atoms with Crippen molar-refractivity contribution in [3.63, 3.8) is 0 Å². The fraction of sp³-hybridized carbons (Fsp3) is 0.320. The van der Waals surface area contributed by atoms with Crippen molar-refractivity contribution in [1.82, 2.24) is 5.01 Å². The lowest BCUT2D eigenvalue weighted by atomic mass is 9.57. The largest absolute Gasteiger partial charge is 0.399 e. The van der Waals surface area contributed by atoms with Gasteiger partial charge in [0.15, 0.2) is 11.6 Å². The van der Waals surface area contributed by atoms with Crippen LogP contribution in [0.1, 0.15) is 36.0 Å². The molecule has 1 amide bonds. The Kier molecular flexibility index (Phi) is 7.60. The number of carbonyl (C=O) groups excluding carboxylic acids is 3. The van der Waals surface area contributed by atoms with Crippen molar-refractivity contribution in [3.05, 3.63) is 65.2 Å². The molecule has 9 nitrogen and oxygen atoms in total. The minimum absolute atomic E-state index is 0.0105. The first-order valence-electron chi connectivity index (χ1n) is 11.1. The van der Waals surface area contributed by atoms with Crippen LogP contribution in [-0.2, 0) is 20.8 Å². The number of primary amides is 1. The molecular weight excluding hydrogens is 468 g/mol. The van der Waals surface area contributed by atoms with Gasteiger partial charge in [0.1, 0.15) is 16.9 Å². The minimum atomic E-state index is -1.58. The second-order valence-electron chi connectivity index (χ2n) is 8.74. The first kappa shape index (κ1) is 25.9. The molecule has 0 aliphatic heterocycles. The number of benzene rings is 2. The Bertz CT molecular complexity index is 1200. The van der Waals surface area contributed by atoms with Gasteiger partial charge in [-0.2, -0.15) is 5.10 Å². The zero-order chi connectivity index (χ0) is 25.9. The van der Waals surface area contributed by atoms with Crippen LogP contribution in [-0.4, -0.2) is 53.0 Å². The van der Waals surface area contributed by atoms with E-state index in [2.05, 4.69) is 5.10 Å². The summed E-state index contributed by atoms with van der Waals surface area (Å²) < 4.78 is 0. The molecule has 0 radical (unpaired) electrons. The summed E-state index contributed by atoms with van der Waals surface area (Å²) in [4.78, 5) is 40.3. The van der Waals surface area contributed by atoms with E-state index >= 15 is 0 Å². The van der Waals surface area contributed by atoms with E-state index in [1.54, 1.807) is 55.6 Å². The molecule has 35 heavy (non-hydrogen) atoms. The molecule has 3 unspecified atom stereocenters. The van der Waals surface area contributed by atoms with E-state index in [4.69, 9.17) is 34.2 Å². The van der Waals surface area contributed by atoms with E-state index in [0.717, 1.165) is 0 Å². The number of amidine groups is 1. The van der Waals surface area contributed by atoms with Gasteiger partial charge in [0.05, 0.1) is 11.3 Å². The monoisotopic (exact) mass is 496 g/mol. The number of rotatable bonds is 8. The summed E-state index contributed by atoms with van der Waals surface area (Å²) in [6, 6.07) is 13.3. The predicted octanol–water partition coefficient (Wildman–Crippen LogP) is 1.81. The van der Waals surface area contributed by atoms with E-state index in [-0.39, 0.29) is 18.0 Å². The van der Waals surface area contributed by atoms with E-state index in [1.807, 2.05) is 6.92 Å². The molecule has 0 spiro atoms. The molecular formula is C25H29ClN6O3. The van der Waals surface area contributed by atoms with Crippen molar-refractivity contribution < 1.29 is 14.4 Å². The van der Waals surface area contributed by atoms with Crippen LogP contribution in [0.4, 0.5) is 5.69 Å². The number of alkyl halides is 1. The Hall–Kier alpha value is -3.72. The van der Waals surface area contributed by atoms with Crippen molar-refractivity contribution in [1.29, 1.82) is 5.41 Å². The highest BCUT2D eigenvalue weighted by Crippen LogP contribution is 2.48. The zero-order valence-corrected chi connectivity index (χ0v) is 20.4. The number of hydrogen-bond donors (Lipinski definition) is 4. The van der Waals surface area contributed by atoms with Crippen molar-refractivity contribution in [3.8, 4) is 0 Å². The van der Waals surface area contributed by atoms with Crippen LogP contribution in [0, 0.1) is 10.8 Å². The molecule has 2 aromatic carbocycles. The smallest absolute Gasteiger partial charge is 0.218 e. The van der Waals surface area contributed by atoms with E-state index in [9.17, 15) is 14.4 Å². The average molecular weight is 497 g/mol. The molecule has 184 valence electrons. The van der Waals surface area contributed by atoms with Gasteiger partial charge in [-0.25, -0.2) is 0 Å². The summed E-state index contributed by atoms with van der Waals surface area (Å²) >= 11 is 6.52. The van der Waals surface area contributed by atoms with Crippen LogP contribution >= 0.6 is 11.6 Å². The molecule has 10 heteroatoms. The van der Waals surface area contributed by atoms with Gasteiger partial charge in [0.2, 0.25) is 5.91 Å². The van der Waals surface area contributed by atoms with Crippen molar-refractivity contribution in [2.75, 3.05) is 19.3 Å². The molecule has 2 aromatic rings. The summed E-state index contributed by atoms with van der Waals surface area (Å²) in [7, 11) is 1.66. The number of nitrogens with two attached hydrogens (primary N) is 3. The predicted molar refractivity (Wildman–Crippen MR) is 136 cm³/mol. The van der Waals surface area contributed by atoms with Gasteiger partial charge in [-0.3, -0.25) is 24.8 Å². The van der Waals surface area contributed by atoms with Crippen molar-refractivity contribution in [2.24, 2.45) is 22.0 Å². The molecule has 7 N–H and O–H groups in total. The van der Waals surface area contributed by atoms with Crippen LogP contribution < -0.4 is 17.2 Å². The SMILES string of the molecule is CCN(C)N=C1C(=O)C(CC(N)=O)(Cc2ccc(C(=N)N)cc2)C(c2cccc(N)c2)C(=O)C1Cl. The summed E-state index contributed by atoms with van der Waals surface area (Å²) in [6.07, 6.45) is -0.388. The van der Waals surface area contributed by atoms with Crippen molar-refractivity contribution in [2.45, 2.75) is 31.1 Å². The van der Waals surface area contributed by atoms with Crippen LogP contribution in [0.25, 0.3) is 0 Å². The molecule has 0 saturated heterocycles. The number of hydrogen-bond acceptors (Lipinski definition) is 7. The number of carbonyl (C=O) groups is 3. The Morgan fingerprint density at radius 1 is 1.17 bits per heavy atom. The molecule has 1 aliphatic carbocycles. The second kappa shape index (κ2) is 10.3. The average Bonchev–Trinajstić information content (AvgIpc) is 2.80. The zero-order valence-electron chi connectivity index (χ0n) is 19.6. The maximum atomic E-state index is 14.2. The maximum absolute atomic E-state index is 14.2. The highest BCUT2D eigenvalue weighted by atomic mass is 35.5. The first-order valence-corrected chi connectivity index (χ1v) is 11.5. The highest BCUT2D eigenvalue weighted by molar-refractivity contribution is 6.61. The molecule has 0 aromatic heterocycles. The third kappa shape index (κ3) is 5.19. The molecule has 3 atom stereocenters. The number of Topliss-reactive ketones (excluding diaryl/α,β-unsaturated/α-hetero) is 2. The number of amides is 1. The molecule has 3 rings (SSSR count). The van der Waals surface area contributed by atoms with Gasteiger partial charge in [-0.15, -0.1) is 11.6 Å². The van der Waals surface area contributed by atoms with Gasteiger partial charge in [0, 0.05) is 31.3 Å². The van der Waals surface area contributed by atoms with Crippen molar-refractivity contribution >= 4 is 46.3 Å². The number of nitrogen functional groups attached to an aromatic ring is 2. The standard InChI is InChI=1S/C25H29ClN6O3/c1-3-32(2)31-21-20(26)22(34)19(16-5-4-6-17(27)11-16)25(23(21)35,13-18(28)33)12-14-7-9-15(10-8-14)24(29)30/h4-11,19-20H,3,12-13,27H2,1-2H3,(H2,28,33)(H3,29,30). The summed E-state index contributed by atoms with van der Waals surface area (Å²) in [5, 5.41) is 12.1. The Morgan fingerprint density at radius 2 is 1.83 bits per heavy atom. The van der Waals surface area contributed by atoms with Gasteiger partial charge in [-0.05, 0) is 36.6 Å². The number of halogens is 1. The van der Waals surface area contributed by atoms with E-state index in [1.165, 1.54) is 5.01 Å². The normalized spacial score (nSPS) is 23.3.